The maximum atomic E-state index is 12.0. The number of hydrogen-bond acceptors (Lipinski definition) is 4. The van der Waals surface area contributed by atoms with Crippen LogP contribution in [0.1, 0.15) is 30.9 Å². The van der Waals surface area contributed by atoms with E-state index in [1.54, 1.807) is 25.1 Å². The molecule has 1 fully saturated rings. The predicted molar refractivity (Wildman–Crippen MR) is 110 cm³/mol. The molecule has 0 aromatic heterocycles. The first-order valence-electron chi connectivity index (χ1n) is 9.06. The Balaban J connectivity index is 1.54. The number of amides is 2. The number of carbonyl (C=O) groups is 2. The van der Waals surface area contributed by atoms with Gasteiger partial charge < -0.3 is 10.1 Å². The van der Waals surface area contributed by atoms with Crippen molar-refractivity contribution >= 4 is 34.8 Å². The number of rotatable bonds is 7. The van der Waals surface area contributed by atoms with E-state index in [-0.39, 0.29) is 24.3 Å². The summed E-state index contributed by atoms with van der Waals surface area (Å²) in [4.78, 5) is 23.9. The molecule has 0 atom stereocenters. The smallest absolute Gasteiger partial charge is 0.277 e. The molecule has 6 nitrogen and oxygen atoms in total. The number of nitrogens with zero attached hydrogens (tertiary/aromatic N) is 1. The Hall–Kier alpha value is -2.86. The average molecular weight is 400 g/mol. The van der Waals surface area contributed by atoms with Crippen molar-refractivity contribution in [3.8, 4) is 5.75 Å². The second-order valence-corrected chi connectivity index (χ2v) is 7.21. The van der Waals surface area contributed by atoms with Gasteiger partial charge in [0.1, 0.15) is 5.75 Å². The van der Waals surface area contributed by atoms with Crippen molar-refractivity contribution in [2.75, 3.05) is 11.9 Å². The van der Waals surface area contributed by atoms with Crippen LogP contribution in [0.5, 0.6) is 5.75 Å². The van der Waals surface area contributed by atoms with Crippen LogP contribution in [-0.2, 0) is 9.59 Å². The fourth-order valence-electron chi connectivity index (χ4n) is 2.57. The first-order chi connectivity index (χ1) is 13.4. The molecule has 1 saturated carbocycles. The van der Waals surface area contributed by atoms with Crippen LogP contribution in [0.4, 0.5) is 5.69 Å². The third-order valence-corrected chi connectivity index (χ3v) is 4.58. The Morgan fingerprint density at radius 1 is 1.21 bits per heavy atom. The normalized spacial score (nSPS) is 13.8. The minimum Gasteiger partial charge on any atom is -0.483 e. The van der Waals surface area contributed by atoms with E-state index >= 15 is 0 Å². The van der Waals surface area contributed by atoms with Gasteiger partial charge in [0.05, 0.1) is 5.71 Å². The van der Waals surface area contributed by atoms with Gasteiger partial charge in [-0.2, -0.15) is 5.10 Å². The molecule has 0 bridgehead atoms. The summed E-state index contributed by atoms with van der Waals surface area (Å²) in [6.45, 7) is 3.49. The number of halogens is 1. The first kappa shape index (κ1) is 19.9. The van der Waals surface area contributed by atoms with E-state index < -0.39 is 0 Å². The summed E-state index contributed by atoms with van der Waals surface area (Å²) in [7, 11) is 0. The lowest BCUT2D eigenvalue weighted by molar-refractivity contribution is -0.123. The molecule has 2 N–H and O–H groups in total. The summed E-state index contributed by atoms with van der Waals surface area (Å²) in [6.07, 6.45) is 1.91. The molecule has 1 aliphatic rings. The van der Waals surface area contributed by atoms with Crippen LogP contribution in [0.25, 0.3) is 0 Å². The molecule has 0 heterocycles. The number of hydrazone groups is 1. The van der Waals surface area contributed by atoms with Crippen molar-refractivity contribution in [2.24, 2.45) is 11.0 Å². The number of hydrogen-bond donors (Lipinski definition) is 2. The van der Waals surface area contributed by atoms with Crippen molar-refractivity contribution < 1.29 is 14.3 Å². The highest BCUT2D eigenvalue weighted by atomic mass is 35.5. The Kier molecular flexibility index (Phi) is 6.31. The fraction of sp³-hybridized carbons (Fsp3) is 0.286. The van der Waals surface area contributed by atoms with Gasteiger partial charge in [-0.15, -0.1) is 0 Å². The van der Waals surface area contributed by atoms with E-state index in [0.717, 1.165) is 29.7 Å². The number of carbonyl (C=O) groups excluding carboxylic acids is 2. The standard InChI is InChI=1S/C21H22ClN3O3/c1-13-10-17(22)8-9-19(13)28-12-20(26)25-24-14(2)16-4-3-5-18(11-16)23-21(27)15-6-7-15/h3-5,8-11,15H,6-7,12H2,1-2H3,(H,23,27)(H,25,26). The molecule has 1 aliphatic carbocycles. The molecule has 7 heteroatoms. The van der Waals surface area contributed by atoms with Crippen LogP contribution in [0.2, 0.25) is 5.02 Å². The molecule has 28 heavy (non-hydrogen) atoms. The van der Waals surface area contributed by atoms with Crippen LogP contribution >= 0.6 is 11.6 Å². The maximum Gasteiger partial charge on any atom is 0.277 e. The summed E-state index contributed by atoms with van der Waals surface area (Å²) in [5.41, 5.74) is 5.48. The molecule has 0 radical (unpaired) electrons. The van der Waals surface area contributed by atoms with E-state index in [1.807, 2.05) is 31.2 Å². The van der Waals surface area contributed by atoms with Gasteiger partial charge in [0.25, 0.3) is 5.91 Å². The SMILES string of the molecule is CC(=NNC(=O)COc1ccc(Cl)cc1C)c1cccc(NC(=O)C2CC2)c1. The van der Waals surface area contributed by atoms with Gasteiger partial charge in [0.2, 0.25) is 5.91 Å². The molecule has 0 spiro atoms. The van der Waals surface area contributed by atoms with Gasteiger partial charge in [0, 0.05) is 16.6 Å². The zero-order valence-corrected chi connectivity index (χ0v) is 16.5. The average Bonchev–Trinajstić information content (AvgIpc) is 3.51. The van der Waals surface area contributed by atoms with Crippen molar-refractivity contribution in [3.63, 3.8) is 0 Å². The zero-order chi connectivity index (χ0) is 20.1. The van der Waals surface area contributed by atoms with Gasteiger partial charge in [-0.25, -0.2) is 5.43 Å². The third kappa shape index (κ3) is 5.57. The highest BCUT2D eigenvalue weighted by Crippen LogP contribution is 2.30. The van der Waals surface area contributed by atoms with Crippen LogP contribution in [0, 0.1) is 12.8 Å². The minimum atomic E-state index is -0.369. The Morgan fingerprint density at radius 2 is 2.00 bits per heavy atom. The highest BCUT2D eigenvalue weighted by Gasteiger charge is 2.29. The van der Waals surface area contributed by atoms with E-state index in [1.165, 1.54) is 0 Å². The molecule has 0 unspecified atom stereocenters. The summed E-state index contributed by atoms with van der Waals surface area (Å²) in [5, 5.41) is 7.63. The van der Waals surface area contributed by atoms with Crippen molar-refractivity contribution in [3.05, 3.63) is 58.6 Å². The topological polar surface area (TPSA) is 79.8 Å². The van der Waals surface area contributed by atoms with Gasteiger partial charge in [-0.3, -0.25) is 9.59 Å². The largest absolute Gasteiger partial charge is 0.483 e. The fourth-order valence-corrected chi connectivity index (χ4v) is 2.80. The van der Waals surface area contributed by atoms with Gasteiger partial charge in [-0.05, 0) is 68.1 Å². The van der Waals surface area contributed by atoms with Gasteiger partial charge in [0.15, 0.2) is 6.61 Å². The van der Waals surface area contributed by atoms with E-state index in [9.17, 15) is 9.59 Å². The maximum absolute atomic E-state index is 12.0. The van der Waals surface area contributed by atoms with Gasteiger partial charge >= 0.3 is 0 Å². The number of anilines is 1. The summed E-state index contributed by atoms with van der Waals surface area (Å²) in [6, 6.07) is 12.6. The molecular weight excluding hydrogens is 378 g/mol. The molecule has 0 aliphatic heterocycles. The molecule has 3 rings (SSSR count). The lowest BCUT2D eigenvalue weighted by Gasteiger charge is -2.09. The summed E-state index contributed by atoms with van der Waals surface area (Å²) < 4.78 is 5.50. The Labute approximate surface area is 168 Å². The van der Waals surface area contributed by atoms with E-state index in [4.69, 9.17) is 16.3 Å². The summed E-state index contributed by atoms with van der Waals surface area (Å²) in [5.74, 6) is 0.419. The quantitative estimate of drug-likeness (QED) is 0.547. The monoisotopic (exact) mass is 399 g/mol. The highest BCUT2D eigenvalue weighted by molar-refractivity contribution is 6.30. The van der Waals surface area contributed by atoms with Crippen LogP contribution in [0.3, 0.4) is 0 Å². The van der Waals surface area contributed by atoms with Crippen molar-refractivity contribution in [1.29, 1.82) is 0 Å². The molecular formula is C21H22ClN3O3. The zero-order valence-electron chi connectivity index (χ0n) is 15.8. The number of ether oxygens (including phenoxy) is 1. The van der Waals surface area contributed by atoms with Crippen molar-refractivity contribution in [1.82, 2.24) is 5.43 Å². The number of benzene rings is 2. The first-order valence-corrected chi connectivity index (χ1v) is 9.43. The molecule has 2 aromatic carbocycles. The van der Waals surface area contributed by atoms with Crippen molar-refractivity contribution in [2.45, 2.75) is 26.7 Å². The number of aryl methyl sites for hydroxylation is 1. The van der Waals surface area contributed by atoms with E-state index in [0.29, 0.717) is 16.5 Å². The molecule has 2 aromatic rings. The second kappa shape index (κ2) is 8.89. The van der Waals surface area contributed by atoms with E-state index in [2.05, 4.69) is 15.8 Å². The lowest BCUT2D eigenvalue weighted by Crippen LogP contribution is -2.25. The third-order valence-electron chi connectivity index (χ3n) is 4.34. The Bertz CT molecular complexity index is 923. The molecule has 0 saturated heterocycles. The predicted octanol–water partition coefficient (Wildman–Crippen LogP) is 3.92. The molecule has 146 valence electrons. The van der Waals surface area contributed by atoms with Crippen LogP contribution in [0.15, 0.2) is 47.6 Å². The Morgan fingerprint density at radius 3 is 2.71 bits per heavy atom. The minimum absolute atomic E-state index is 0.0506. The van der Waals surface area contributed by atoms with Gasteiger partial charge in [-0.1, -0.05) is 23.7 Å². The van der Waals surface area contributed by atoms with Crippen LogP contribution in [-0.4, -0.2) is 24.1 Å². The van der Waals surface area contributed by atoms with Crippen LogP contribution < -0.4 is 15.5 Å². The lowest BCUT2D eigenvalue weighted by atomic mass is 10.1. The second-order valence-electron chi connectivity index (χ2n) is 6.78. The number of nitrogens with one attached hydrogen (secondary N) is 2. The molecule has 2 amide bonds. The summed E-state index contributed by atoms with van der Waals surface area (Å²) >= 11 is 5.90.